The Balaban J connectivity index is 2.29. The minimum atomic E-state index is 0.560. The van der Waals surface area contributed by atoms with Crippen LogP contribution in [0.1, 0.15) is 5.56 Å². The third-order valence-electron chi connectivity index (χ3n) is 1.84. The lowest BCUT2D eigenvalue weighted by Gasteiger charge is -2.04. The summed E-state index contributed by atoms with van der Waals surface area (Å²) >= 11 is 11.9. The molecule has 0 aliphatic rings. The van der Waals surface area contributed by atoms with Gasteiger partial charge in [0.1, 0.15) is 0 Å². The second kappa shape index (κ2) is 3.98. The largest absolute Gasteiger partial charge is 0.248 e. The maximum atomic E-state index is 6.02. The molecule has 72 valence electrons. The third kappa shape index (κ3) is 1.89. The zero-order chi connectivity index (χ0) is 9.97. The number of rotatable bonds is 2. The Kier molecular flexibility index (Phi) is 2.70. The van der Waals surface area contributed by atoms with Gasteiger partial charge in [-0.2, -0.15) is 0 Å². The van der Waals surface area contributed by atoms with E-state index in [0.29, 0.717) is 16.6 Å². The summed E-state index contributed by atoms with van der Waals surface area (Å²) in [5.41, 5.74) is 0.935. The molecule has 0 spiro atoms. The van der Waals surface area contributed by atoms with Gasteiger partial charge in [0.05, 0.1) is 22.8 Å². The maximum Gasteiger partial charge on any atom is 0.0693 e. The quantitative estimate of drug-likeness (QED) is 0.790. The Morgan fingerprint density at radius 3 is 2.86 bits per heavy atom. The van der Waals surface area contributed by atoms with Gasteiger partial charge in [-0.25, -0.2) is 4.68 Å². The van der Waals surface area contributed by atoms with E-state index in [2.05, 4.69) is 10.3 Å². The highest BCUT2D eigenvalue weighted by atomic mass is 35.5. The normalized spacial score (nSPS) is 10.4. The molecule has 1 aromatic heterocycles. The van der Waals surface area contributed by atoms with Gasteiger partial charge in [0, 0.05) is 6.20 Å². The van der Waals surface area contributed by atoms with Crippen molar-refractivity contribution in [2.24, 2.45) is 0 Å². The van der Waals surface area contributed by atoms with Crippen LogP contribution in [0.25, 0.3) is 0 Å². The second-order valence-electron chi connectivity index (χ2n) is 2.81. The van der Waals surface area contributed by atoms with E-state index in [4.69, 9.17) is 23.2 Å². The van der Waals surface area contributed by atoms with Gasteiger partial charge in [0.25, 0.3) is 0 Å². The molecule has 0 saturated heterocycles. The number of hydrogen-bond acceptors (Lipinski definition) is 2. The molecule has 2 rings (SSSR count). The van der Waals surface area contributed by atoms with Crippen LogP contribution in [0.3, 0.4) is 0 Å². The molecule has 2 aromatic rings. The van der Waals surface area contributed by atoms with Crippen molar-refractivity contribution in [3.05, 3.63) is 46.2 Å². The predicted octanol–water partition coefficient (Wildman–Crippen LogP) is 2.63. The Hall–Kier alpha value is -1.06. The van der Waals surface area contributed by atoms with Crippen molar-refractivity contribution < 1.29 is 0 Å². The summed E-state index contributed by atoms with van der Waals surface area (Å²) in [6, 6.07) is 5.53. The van der Waals surface area contributed by atoms with Crippen molar-refractivity contribution >= 4 is 23.2 Å². The monoisotopic (exact) mass is 227 g/mol. The summed E-state index contributed by atoms with van der Waals surface area (Å²) in [7, 11) is 0. The number of aromatic nitrogens is 3. The highest BCUT2D eigenvalue weighted by Crippen LogP contribution is 2.25. The van der Waals surface area contributed by atoms with Crippen LogP contribution >= 0.6 is 23.2 Å². The van der Waals surface area contributed by atoms with Crippen LogP contribution in [0, 0.1) is 0 Å². The van der Waals surface area contributed by atoms with E-state index in [9.17, 15) is 0 Å². The number of nitrogens with zero attached hydrogens (tertiary/aromatic N) is 3. The van der Waals surface area contributed by atoms with Crippen molar-refractivity contribution in [1.29, 1.82) is 0 Å². The van der Waals surface area contributed by atoms with Crippen molar-refractivity contribution in [1.82, 2.24) is 15.0 Å². The molecule has 0 fully saturated rings. The van der Waals surface area contributed by atoms with Gasteiger partial charge in [-0.3, -0.25) is 0 Å². The summed E-state index contributed by atoms with van der Waals surface area (Å²) in [5, 5.41) is 8.69. The summed E-state index contributed by atoms with van der Waals surface area (Å²) in [6.07, 6.45) is 3.40. The average molecular weight is 228 g/mol. The van der Waals surface area contributed by atoms with Crippen molar-refractivity contribution in [3.8, 4) is 0 Å². The van der Waals surface area contributed by atoms with Crippen LogP contribution in [0.5, 0.6) is 0 Å². The fourth-order valence-corrected chi connectivity index (χ4v) is 1.54. The van der Waals surface area contributed by atoms with E-state index < -0.39 is 0 Å². The van der Waals surface area contributed by atoms with Crippen LogP contribution in [0.2, 0.25) is 10.0 Å². The average Bonchev–Trinajstić information content (AvgIpc) is 2.66. The molecule has 1 aromatic carbocycles. The molecule has 0 bridgehead atoms. The predicted molar refractivity (Wildman–Crippen MR) is 55.6 cm³/mol. The molecule has 0 N–H and O–H groups in total. The number of hydrogen-bond donors (Lipinski definition) is 0. The molecule has 0 saturated carbocycles. The van der Waals surface area contributed by atoms with E-state index >= 15 is 0 Å². The van der Waals surface area contributed by atoms with E-state index in [1.54, 1.807) is 23.1 Å². The SMILES string of the molecule is Clc1cccc(Cn2ccnn2)c1Cl. The molecule has 5 heteroatoms. The van der Waals surface area contributed by atoms with Gasteiger partial charge in [-0.1, -0.05) is 40.5 Å². The van der Waals surface area contributed by atoms with Crippen LogP contribution in [0.15, 0.2) is 30.6 Å². The molecule has 0 amide bonds. The first-order valence-corrected chi connectivity index (χ1v) is 4.80. The Morgan fingerprint density at radius 2 is 2.14 bits per heavy atom. The lowest BCUT2D eigenvalue weighted by molar-refractivity contribution is 0.650. The molecule has 3 nitrogen and oxygen atoms in total. The molecule has 0 radical (unpaired) electrons. The minimum absolute atomic E-state index is 0.560. The lowest BCUT2D eigenvalue weighted by Crippen LogP contribution is -2.01. The van der Waals surface area contributed by atoms with Crippen molar-refractivity contribution in [3.63, 3.8) is 0 Å². The summed E-state index contributed by atoms with van der Waals surface area (Å²) in [4.78, 5) is 0. The first-order chi connectivity index (χ1) is 6.77. The van der Waals surface area contributed by atoms with E-state index in [1.807, 2.05) is 12.1 Å². The molecular weight excluding hydrogens is 221 g/mol. The minimum Gasteiger partial charge on any atom is -0.248 e. The summed E-state index contributed by atoms with van der Waals surface area (Å²) in [6.45, 7) is 0.583. The smallest absolute Gasteiger partial charge is 0.0693 e. The Labute approximate surface area is 91.3 Å². The first-order valence-electron chi connectivity index (χ1n) is 4.04. The maximum absolute atomic E-state index is 6.02. The highest BCUT2D eigenvalue weighted by Gasteiger charge is 2.04. The molecule has 0 aliphatic carbocycles. The summed E-state index contributed by atoms with van der Waals surface area (Å²) in [5.74, 6) is 0. The molecule has 14 heavy (non-hydrogen) atoms. The van der Waals surface area contributed by atoms with Crippen molar-refractivity contribution in [2.45, 2.75) is 6.54 Å². The van der Waals surface area contributed by atoms with Gasteiger partial charge in [0.2, 0.25) is 0 Å². The second-order valence-corrected chi connectivity index (χ2v) is 3.60. The van der Waals surface area contributed by atoms with Gasteiger partial charge < -0.3 is 0 Å². The molecule has 0 atom stereocenters. The zero-order valence-electron chi connectivity index (χ0n) is 7.19. The highest BCUT2D eigenvalue weighted by molar-refractivity contribution is 6.42. The standard InChI is InChI=1S/C9H7Cl2N3/c10-8-3-1-2-7(9(8)11)6-14-5-4-12-13-14/h1-5H,6H2. The topological polar surface area (TPSA) is 30.7 Å². The number of halogens is 2. The van der Waals surface area contributed by atoms with Crippen molar-refractivity contribution in [2.75, 3.05) is 0 Å². The molecule has 1 heterocycles. The van der Waals surface area contributed by atoms with E-state index in [1.165, 1.54) is 0 Å². The van der Waals surface area contributed by atoms with Crippen LogP contribution in [0.4, 0.5) is 0 Å². The van der Waals surface area contributed by atoms with Gasteiger partial charge in [-0.05, 0) is 11.6 Å². The van der Waals surface area contributed by atoms with Crippen LogP contribution in [-0.4, -0.2) is 15.0 Å². The van der Waals surface area contributed by atoms with Gasteiger partial charge in [-0.15, -0.1) is 5.10 Å². The molecular formula is C9H7Cl2N3. The Morgan fingerprint density at radius 1 is 1.29 bits per heavy atom. The van der Waals surface area contributed by atoms with Gasteiger partial charge in [0.15, 0.2) is 0 Å². The Bertz CT molecular complexity index is 426. The molecule has 0 unspecified atom stereocenters. The lowest BCUT2D eigenvalue weighted by atomic mass is 10.2. The zero-order valence-corrected chi connectivity index (χ0v) is 8.70. The fraction of sp³-hybridized carbons (Fsp3) is 0.111. The molecule has 0 aliphatic heterocycles. The third-order valence-corrected chi connectivity index (χ3v) is 2.69. The van der Waals surface area contributed by atoms with E-state index in [0.717, 1.165) is 5.56 Å². The van der Waals surface area contributed by atoms with E-state index in [-0.39, 0.29) is 0 Å². The summed E-state index contributed by atoms with van der Waals surface area (Å²) < 4.78 is 1.69. The van der Waals surface area contributed by atoms with Crippen LogP contribution < -0.4 is 0 Å². The fourth-order valence-electron chi connectivity index (χ4n) is 1.16. The van der Waals surface area contributed by atoms with Crippen LogP contribution in [-0.2, 0) is 6.54 Å². The van der Waals surface area contributed by atoms with Gasteiger partial charge >= 0.3 is 0 Å². The number of benzene rings is 1. The first kappa shape index (κ1) is 9.49.